The molecular weight excluding hydrogens is 398 g/mol. The molecule has 0 spiro atoms. The van der Waals surface area contributed by atoms with Crippen molar-refractivity contribution >= 4 is 21.4 Å². The Morgan fingerprint density at radius 3 is 2.07 bits per heavy atom. The van der Waals surface area contributed by atoms with Crippen LogP contribution in [0, 0.1) is 0 Å². The van der Waals surface area contributed by atoms with E-state index in [1.54, 1.807) is 18.2 Å². The molecule has 1 amide bonds. The lowest BCUT2D eigenvalue weighted by molar-refractivity contribution is -0.118. The van der Waals surface area contributed by atoms with E-state index in [9.17, 15) is 13.2 Å². The fourth-order valence-corrected chi connectivity index (χ4v) is 4.06. The quantitative estimate of drug-likeness (QED) is 0.610. The van der Waals surface area contributed by atoms with Crippen molar-refractivity contribution in [2.45, 2.75) is 24.2 Å². The maximum absolute atomic E-state index is 12.2. The number of amides is 1. The molecule has 0 radical (unpaired) electrons. The smallest absolute Gasteiger partial charge is 0.262 e. The topological polar surface area (TPSA) is 72.5 Å². The second kappa shape index (κ2) is 8.71. The Morgan fingerprint density at radius 2 is 1.43 bits per heavy atom. The first kappa shape index (κ1) is 21.6. The molecule has 156 valence electrons. The van der Waals surface area contributed by atoms with Crippen LogP contribution in [0.1, 0.15) is 25.0 Å². The molecule has 0 atom stereocenters. The standard InChI is InChI=1S/C24H25NO4S/c1-24(2,18-9-5-4-6-10-18)19-13-15-20(16-14-19)29-17-23(26)25-21-11-7-8-12-22(21)30(3,27)28/h4-16H,17H2,1-3H3,(H,25,26). The predicted octanol–water partition coefficient (Wildman–Crippen LogP) is 4.43. The van der Waals surface area contributed by atoms with Crippen LogP contribution in [0.5, 0.6) is 5.75 Å². The molecule has 5 nitrogen and oxygen atoms in total. The highest BCUT2D eigenvalue weighted by molar-refractivity contribution is 7.90. The molecule has 3 aromatic carbocycles. The van der Waals surface area contributed by atoms with Crippen LogP contribution in [0.4, 0.5) is 5.69 Å². The molecule has 0 heterocycles. The van der Waals surface area contributed by atoms with Gasteiger partial charge in [0, 0.05) is 11.7 Å². The van der Waals surface area contributed by atoms with Crippen LogP contribution in [0.2, 0.25) is 0 Å². The minimum Gasteiger partial charge on any atom is -0.484 e. The molecule has 3 rings (SSSR count). The summed E-state index contributed by atoms with van der Waals surface area (Å²) in [6.45, 7) is 4.09. The third-order valence-corrected chi connectivity index (χ3v) is 6.16. The first-order chi connectivity index (χ1) is 14.2. The lowest BCUT2D eigenvalue weighted by Crippen LogP contribution is -2.21. The molecule has 0 aliphatic heterocycles. The third-order valence-electron chi connectivity index (χ3n) is 5.00. The molecule has 0 aliphatic rings. The maximum Gasteiger partial charge on any atom is 0.262 e. The lowest BCUT2D eigenvalue weighted by atomic mass is 9.78. The summed E-state index contributed by atoms with van der Waals surface area (Å²) in [5.74, 6) is 0.133. The van der Waals surface area contributed by atoms with E-state index in [4.69, 9.17) is 4.74 Å². The van der Waals surface area contributed by atoms with Crippen LogP contribution in [-0.2, 0) is 20.0 Å². The van der Waals surface area contributed by atoms with Crippen molar-refractivity contribution in [3.05, 3.63) is 90.0 Å². The van der Waals surface area contributed by atoms with Crippen LogP contribution >= 0.6 is 0 Å². The fourth-order valence-electron chi connectivity index (χ4n) is 3.22. The molecule has 0 saturated carbocycles. The van der Waals surface area contributed by atoms with E-state index in [0.717, 1.165) is 11.8 Å². The predicted molar refractivity (Wildman–Crippen MR) is 119 cm³/mol. The summed E-state index contributed by atoms with van der Waals surface area (Å²) in [5.41, 5.74) is 2.43. The number of hydrogen-bond acceptors (Lipinski definition) is 4. The Morgan fingerprint density at radius 1 is 0.867 bits per heavy atom. The van der Waals surface area contributed by atoms with E-state index in [1.165, 1.54) is 11.6 Å². The zero-order valence-electron chi connectivity index (χ0n) is 17.3. The van der Waals surface area contributed by atoms with Gasteiger partial charge in [0.05, 0.1) is 10.6 Å². The van der Waals surface area contributed by atoms with Gasteiger partial charge in [0.1, 0.15) is 5.75 Å². The normalized spacial score (nSPS) is 11.7. The van der Waals surface area contributed by atoms with Crippen molar-refractivity contribution in [3.8, 4) is 5.75 Å². The zero-order valence-corrected chi connectivity index (χ0v) is 18.1. The van der Waals surface area contributed by atoms with Crippen LogP contribution in [0.15, 0.2) is 83.8 Å². The average molecular weight is 424 g/mol. The van der Waals surface area contributed by atoms with Gasteiger partial charge in [-0.05, 0) is 35.4 Å². The summed E-state index contributed by atoms with van der Waals surface area (Å²) < 4.78 is 29.3. The zero-order chi connectivity index (χ0) is 21.8. The van der Waals surface area contributed by atoms with Crippen molar-refractivity contribution in [2.24, 2.45) is 0 Å². The highest BCUT2D eigenvalue weighted by Crippen LogP contribution is 2.32. The lowest BCUT2D eigenvalue weighted by Gasteiger charge is -2.26. The minimum atomic E-state index is -3.44. The number of carbonyl (C=O) groups is 1. The summed E-state index contributed by atoms with van der Waals surface area (Å²) in [4.78, 5) is 12.3. The minimum absolute atomic E-state index is 0.0749. The molecule has 1 N–H and O–H groups in total. The molecule has 0 saturated heterocycles. The summed E-state index contributed by atoms with van der Waals surface area (Å²) in [6.07, 6.45) is 1.10. The van der Waals surface area contributed by atoms with E-state index < -0.39 is 15.7 Å². The molecule has 0 fully saturated rings. The van der Waals surface area contributed by atoms with Gasteiger partial charge in [0.15, 0.2) is 16.4 Å². The number of nitrogens with one attached hydrogen (secondary N) is 1. The fraction of sp³-hybridized carbons (Fsp3) is 0.208. The molecule has 6 heteroatoms. The molecule has 0 aromatic heterocycles. The Bertz CT molecular complexity index is 1120. The van der Waals surface area contributed by atoms with Crippen molar-refractivity contribution in [1.29, 1.82) is 0 Å². The van der Waals surface area contributed by atoms with E-state index in [2.05, 4.69) is 31.3 Å². The molecule has 3 aromatic rings. The Balaban J connectivity index is 1.64. The first-order valence-corrected chi connectivity index (χ1v) is 11.4. The number of sulfone groups is 1. The van der Waals surface area contributed by atoms with E-state index >= 15 is 0 Å². The van der Waals surface area contributed by atoms with Crippen molar-refractivity contribution < 1.29 is 17.9 Å². The second-order valence-corrected chi connectivity index (χ2v) is 9.60. The van der Waals surface area contributed by atoms with Crippen molar-refractivity contribution in [2.75, 3.05) is 18.2 Å². The van der Waals surface area contributed by atoms with Gasteiger partial charge in [-0.1, -0.05) is 68.4 Å². The van der Waals surface area contributed by atoms with E-state index in [1.807, 2.05) is 42.5 Å². The number of carbonyl (C=O) groups excluding carboxylic acids is 1. The Labute approximate surface area is 177 Å². The molecular formula is C24H25NO4S. The highest BCUT2D eigenvalue weighted by Gasteiger charge is 2.22. The number of anilines is 1. The number of para-hydroxylation sites is 1. The van der Waals surface area contributed by atoms with Crippen LogP contribution in [-0.4, -0.2) is 27.2 Å². The van der Waals surface area contributed by atoms with Gasteiger partial charge < -0.3 is 10.1 Å². The number of hydrogen-bond donors (Lipinski definition) is 1. The van der Waals surface area contributed by atoms with Gasteiger partial charge in [-0.2, -0.15) is 0 Å². The SMILES string of the molecule is CC(C)(c1ccccc1)c1ccc(OCC(=O)Nc2ccccc2S(C)(=O)=O)cc1. The maximum atomic E-state index is 12.2. The second-order valence-electron chi connectivity index (χ2n) is 7.62. The average Bonchev–Trinajstić information content (AvgIpc) is 2.73. The van der Waals surface area contributed by atoms with Crippen molar-refractivity contribution in [1.82, 2.24) is 0 Å². The van der Waals surface area contributed by atoms with Crippen LogP contribution < -0.4 is 10.1 Å². The van der Waals surface area contributed by atoms with Gasteiger partial charge in [-0.3, -0.25) is 4.79 Å². The summed E-state index contributed by atoms with van der Waals surface area (Å²) in [6, 6.07) is 24.2. The molecule has 0 bridgehead atoms. The molecule has 0 unspecified atom stereocenters. The molecule has 30 heavy (non-hydrogen) atoms. The summed E-state index contributed by atoms with van der Waals surface area (Å²) in [7, 11) is -3.44. The van der Waals surface area contributed by atoms with Gasteiger partial charge in [-0.25, -0.2) is 8.42 Å². The van der Waals surface area contributed by atoms with E-state index in [-0.39, 0.29) is 22.6 Å². The van der Waals surface area contributed by atoms with Crippen molar-refractivity contribution in [3.63, 3.8) is 0 Å². The number of ether oxygens (including phenoxy) is 1. The number of benzene rings is 3. The Hall–Kier alpha value is -3.12. The van der Waals surface area contributed by atoms with Crippen LogP contribution in [0.3, 0.4) is 0 Å². The summed E-state index contributed by atoms with van der Waals surface area (Å²) in [5, 5.41) is 2.60. The first-order valence-electron chi connectivity index (χ1n) is 9.56. The summed E-state index contributed by atoms with van der Waals surface area (Å²) >= 11 is 0. The Kier molecular flexibility index (Phi) is 6.27. The third kappa shape index (κ3) is 5.07. The van der Waals surface area contributed by atoms with Gasteiger partial charge >= 0.3 is 0 Å². The largest absolute Gasteiger partial charge is 0.484 e. The highest BCUT2D eigenvalue weighted by atomic mass is 32.2. The van der Waals surface area contributed by atoms with Gasteiger partial charge in [-0.15, -0.1) is 0 Å². The monoisotopic (exact) mass is 423 g/mol. The van der Waals surface area contributed by atoms with Gasteiger partial charge in [0.25, 0.3) is 5.91 Å². The van der Waals surface area contributed by atoms with Gasteiger partial charge in [0.2, 0.25) is 0 Å². The number of rotatable bonds is 7. The van der Waals surface area contributed by atoms with Crippen LogP contribution in [0.25, 0.3) is 0 Å². The van der Waals surface area contributed by atoms with E-state index in [0.29, 0.717) is 5.75 Å². The molecule has 0 aliphatic carbocycles.